The minimum Gasteiger partial charge on any atom is -0.357 e. The predicted molar refractivity (Wildman–Crippen MR) is 133 cm³/mol. The molecule has 1 atom stereocenters. The van der Waals surface area contributed by atoms with E-state index >= 15 is 0 Å². The van der Waals surface area contributed by atoms with E-state index in [4.69, 9.17) is 0 Å². The van der Waals surface area contributed by atoms with Crippen LogP contribution in [-0.2, 0) is 16.4 Å². The summed E-state index contributed by atoms with van der Waals surface area (Å²) in [5.74, 6) is 0.774. The van der Waals surface area contributed by atoms with E-state index in [1.54, 1.807) is 20.8 Å². The van der Waals surface area contributed by atoms with E-state index in [2.05, 4.69) is 44.8 Å². The van der Waals surface area contributed by atoms with Crippen LogP contribution in [0.15, 0.2) is 35.3 Å². The lowest BCUT2D eigenvalue weighted by molar-refractivity contribution is 0.192. The average molecular weight is 537 g/mol. The van der Waals surface area contributed by atoms with Crippen LogP contribution in [0.1, 0.15) is 46.1 Å². The lowest BCUT2D eigenvalue weighted by Gasteiger charge is -2.34. The van der Waals surface area contributed by atoms with E-state index in [9.17, 15) is 8.42 Å². The van der Waals surface area contributed by atoms with Crippen LogP contribution in [0.3, 0.4) is 0 Å². The molecule has 1 saturated heterocycles. The fraction of sp³-hybridized carbons (Fsp3) is 0.667. The second-order valence-corrected chi connectivity index (χ2v) is 11.3. The summed E-state index contributed by atoms with van der Waals surface area (Å²) < 4.78 is 23.8. The molecule has 2 rings (SSSR count). The van der Waals surface area contributed by atoms with Crippen LogP contribution in [0.2, 0.25) is 0 Å². The molecule has 29 heavy (non-hydrogen) atoms. The van der Waals surface area contributed by atoms with Crippen LogP contribution in [-0.4, -0.2) is 62.0 Å². The quantitative estimate of drug-likeness (QED) is 0.319. The summed E-state index contributed by atoms with van der Waals surface area (Å²) in [4.78, 5) is 6.97. The van der Waals surface area contributed by atoms with Crippen LogP contribution in [0.4, 0.5) is 0 Å². The highest BCUT2D eigenvalue weighted by Gasteiger charge is 2.28. The Balaban J connectivity index is 0.00000420. The molecule has 6 nitrogen and oxygen atoms in total. The van der Waals surface area contributed by atoms with E-state index in [0.29, 0.717) is 12.0 Å². The van der Waals surface area contributed by atoms with Gasteiger partial charge < -0.3 is 10.6 Å². The number of rotatable bonds is 7. The second kappa shape index (κ2) is 12.1. The molecule has 1 fully saturated rings. The van der Waals surface area contributed by atoms with Gasteiger partial charge in [0.1, 0.15) is 0 Å². The fourth-order valence-corrected chi connectivity index (χ4v) is 4.20. The van der Waals surface area contributed by atoms with Crippen LogP contribution < -0.4 is 10.6 Å². The molecule has 1 heterocycles. The average Bonchev–Trinajstić information content (AvgIpc) is 2.62. The fourth-order valence-electron chi connectivity index (χ4n) is 3.26. The van der Waals surface area contributed by atoms with Gasteiger partial charge in [0, 0.05) is 25.7 Å². The predicted octanol–water partition coefficient (Wildman–Crippen LogP) is 3.04. The van der Waals surface area contributed by atoms with Crippen molar-refractivity contribution in [2.24, 2.45) is 4.99 Å². The van der Waals surface area contributed by atoms with Crippen molar-refractivity contribution in [3.8, 4) is 0 Å². The first-order chi connectivity index (χ1) is 13.2. The molecule has 166 valence electrons. The van der Waals surface area contributed by atoms with Gasteiger partial charge in [-0.2, -0.15) is 0 Å². The monoisotopic (exact) mass is 536 g/mol. The van der Waals surface area contributed by atoms with Gasteiger partial charge in [-0.15, -0.1) is 24.0 Å². The Labute approximate surface area is 193 Å². The van der Waals surface area contributed by atoms with E-state index < -0.39 is 14.6 Å². The Kier molecular flexibility index (Phi) is 10.9. The van der Waals surface area contributed by atoms with Gasteiger partial charge in [-0.05, 0) is 52.6 Å². The minimum absolute atomic E-state index is 0. The van der Waals surface area contributed by atoms with Crippen molar-refractivity contribution in [3.63, 3.8) is 0 Å². The highest BCUT2D eigenvalue weighted by Crippen LogP contribution is 2.16. The molecule has 1 aromatic carbocycles. The van der Waals surface area contributed by atoms with Crippen LogP contribution in [0.25, 0.3) is 0 Å². The van der Waals surface area contributed by atoms with Gasteiger partial charge in [-0.25, -0.2) is 8.42 Å². The summed E-state index contributed by atoms with van der Waals surface area (Å²) >= 11 is 0. The zero-order chi connectivity index (χ0) is 20.6. The van der Waals surface area contributed by atoms with Crippen molar-refractivity contribution >= 4 is 39.8 Å². The van der Waals surface area contributed by atoms with E-state index in [1.165, 1.54) is 5.56 Å². The van der Waals surface area contributed by atoms with Crippen molar-refractivity contribution in [1.29, 1.82) is 0 Å². The van der Waals surface area contributed by atoms with Gasteiger partial charge in [-0.1, -0.05) is 30.3 Å². The number of hydrogen-bond donors (Lipinski definition) is 2. The van der Waals surface area contributed by atoms with Crippen molar-refractivity contribution in [3.05, 3.63) is 35.9 Å². The summed E-state index contributed by atoms with van der Waals surface area (Å²) in [7, 11) is -3.16. The number of piperidine rings is 1. The molecule has 1 aromatic rings. The highest BCUT2D eigenvalue weighted by molar-refractivity contribution is 14.0. The Morgan fingerprint density at radius 1 is 1.24 bits per heavy atom. The minimum atomic E-state index is -3.16. The maximum Gasteiger partial charge on any atom is 0.191 e. The summed E-state index contributed by atoms with van der Waals surface area (Å²) in [5.41, 5.74) is 1.33. The summed E-state index contributed by atoms with van der Waals surface area (Å²) in [6.45, 7) is 11.3. The molecule has 1 unspecified atom stereocenters. The van der Waals surface area contributed by atoms with Gasteiger partial charge in [0.25, 0.3) is 0 Å². The first-order valence-electron chi connectivity index (χ1n) is 10.2. The van der Waals surface area contributed by atoms with Crippen molar-refractivity contribution < 1.29 is 8.42 Å². The van der Waals surface area contributed by atoms with E-state index in [0.717, 1.165) is 39.0 Å². The van der Waals surface area contributed by atoms with Gasteiger partial charge in [0.05, 0.1) is 17.0 Å². The number of sulfone groups is 1. The third-order valence-corrected chi connectivity index (χ3v) is 7.59. The number of halogens is 1. The third kappa shape index (κ3) is 8.80. The standard InChI is InChI=1S/C21H36N4O2S.HI/c1-5-22-20(23-13-15-28(26,27)21(2,3)4)24-19-12-9-14-25(17-19)16-18-10-7-6-8-11-18;/h6-8,10-11,19H,5,9,12-17H2,1-4H3,(H2,22,23,24);1H. The molecule has 8 heteroatoms. The number of benzene rings is 1. The molecule has 0 aromatic heterocycles. The SMILES string of the molecule is CCNC(=NCCS(=O)(=O)C(C)(C)C)NC1CCCN(Cc2ccccc2)C1.I. The smallest absolute Gasteiger partial charge is 0.191 e. The number of hydrogen-bond acceptors (Lipinski definition) is 4. The summed E-state index contributed by atoms with van der Waals surface area (Å²) in [6, 6.07) is 10.8. The Hall–Kier alpha value is -0.870. The normalized spacial score (nSPS) is 18.8. The summed E-state index contributed by atoms with van der Waals surface area (Å²) in [6.07, 6.45) is 2.23. The van der Waals surface area contributed by atoms with E-state index in [1.807, 2.05) is 13.0 Å². The molecule has 0 spiro atoms. The number of likely N-dealkylation sites (tertiary alicyclic amines) is 1. The molecule has 0 amide bonds. The molecule has 2 N–H and O–H groups in total. The molecule has 0 bridgehead atoms. The first kappa shape index (κ1) is 26.2. The Morgan fingerprint density at radius 3 is 2.55 bits per heavy atom. The highest BCUT2D eigenvalue weighted by atomic mass is 127. The van der Waals surface area contributed by atoms with E-state index in [-0.39, 0.29) is 36.3 Å². The lowest BCUT2D eigenvalue weighted by Crippen LogP contribution is -2.51. The molecular formula is C21H37IN4O2S. The maximum atomic E-state index is 12.3. The summed E-state index contributed by atoms with van der Waals surface area (Å²) in [5, 5.41) is 6.75. The lowest BCUT2D eigenvalue weighted by atomic mass is 10.0. The first-order valence-corrected chi connectivity index (χ1v) is 11.9. The third-order valence-electron chi connectivity index (χ3n) is 5.00. The van der Waals surface area contributed by atoms with Crippen molar-refractivity contribution in [1.82, 2.24) is 15.5 Å². The number of aliphatic imine (C=N–C) groups is 1. The van der Waals surface area contributed by atoms with Gasteiger partial charge in [0.2, 0.25) is 0 Å². The van der Waals surface area contributed by atoms with Gasteiger partial charge in [0.15, 0.2) is 15.8 Å². The van der Waals surface area contributed by atoms with Gasteiger partial charge in [-0.3, -0.25) is 9.89 Å². The Bertz CT molecular complexity index is 733. The molecule has 0 radical (unpaired) electrons. The van der Waals surface area contributed by atoms with Crippen LogP contribution in [0, 0.1) is 0 Å². The number of nitrogens with zero attached hydrogens (tertiary/aromatic N) is 2. The number of nitrogens with one attached hydrogen (secondary N) is 2. The zero-order valence-corrected chi connectivity index (χ0v) is 21.3. The molecule has 1 aliphatic rings. The maximum absolute atomic E-state index is 12.3. The van der Waals surface area contributed by atoms with Crippen molar-refractivity contribution in [2.45, 2.75) is 57.9 Å². The zero-order valence-electron chi connectivity index (χ0n) is 18.1. The van der Waals surface area contributed by atoms with Crippen molar-refractivity contribution in [2.75, 3.05) is 31.9 Å². The number of guanidine groups is 1. The largest absolute Gasteiger partial charge is 0.357 e. The molecule has 0 aliphatic carbocycles. The van der Waals surface area contributed by atoms with Crippen LogP contribution in [0.5, 0.6) is 0 Å². The van der Waals surface area contributed by atoms with Crippen LogP contribution >= 0.6 is 24.0 Å². The Morgan fingerprint density at radius 2 is 1.93 bits per heavy atom. The van der Waals surface area contributed by atoms with Gasteiger partial charge >= 0.3 is 0 Å². The molecular weight excluding hydrogens is 499 g/mol. The molecule has 0 saturated carbocycles. The topological polar surface area (TPSA) is 73.8 Å². The second-order valence-electron chi connectivity index (χ2n) is 8.40. The molecule has 1 aliphatic heterocycles.